The Bertz CT molecular complexity index is 1330. The zero-order valence-electron chi connectivity index (χ0n) is 27.0. The van der Waals surface area contributed by atoms with Gasteiger partial charge in [-0.1, -0.05) is 25.1 Å². The number of carbonyl (C=O) groups is 2. The number of aliphatic hydroxyl groups is 2. The number of ether oxygens (including phenoxy) is 6. The first-order chi connectivity index (χ1) is 21.5. The van der Waals surface area contributed by atoms with E-state index in [0.717, 1.165) is 0 Å². The molecule has 1 unspecified atom stereocenters. The second kappa shape index (κ2) is 10.7. The maximum atomic E-state index is 13.7. The van der Waals surface area contributed by atoms with E-state index in [1.807, 2.05) is 6.07 Å². The molecule has 1 heterocycles. The lowest BCUT2D eigenvalue weighted by atomic mass is 9.42. The second-order valence-electron chi connectivity index (χ2n) is 14.4. The molecule has 0 aromatic heterocycles. The molecule has 11 nitrogen and oxygen atoms in total. The Balaban J connectivity index is 1.50. The number of hydrogen-bond acceptors (Lipinski definition) is 11. The predicted molar refractivity (Wildman–Crippen MR) is 159 cm³/mol. The zero-order chi connectivity index (χ0) is 32.1. The van der Waals surface area contributed by atoms with Crippen molar-refractivity contribution < 1.29 is 48.2 Å². The Hall–Kier alpha value is -2.12. The molecule has 1 spiro atoms. The van der Waals surface area contributed by atoms with Gasteiger partial charge in [-0.2, -0.15) is 0 Å². The van der Waals surface area contributed by atoms with Gasteiger partial charge in [0.25, 0.3) is 0 Å². The molecule has 5 saturated carbocycles. The van der Waals surface area contributed by atoms with Gasteiger partial charge in [-0.3, -0.25) is 9.69 Å². The van der Waals surface area contributed by atoms with Gasteiger partial charge in [0.1, 0.15) is 17.3 Å². The average molecular weight is 630 g/mol. The minimum atomic E-state index is -1.55. The van der Waals surface area contributed by atoms with Crippen LogP contribution in [0.3, 0.4) is 0 Å². The lowest BCUT2D eigenvalue weighted by molar-refractivity contribution is -0.300. The van der Waals surface area contributed by atoms with Crippen molar-refractivity contribution in [3.05, 3.63) is 35.9 Å². The van der Waals surface area contributed by atoms with Crippen LogP contribution >= 0.6 is 0 Å². The monoisotopic (exact) mass is 629 g/mol. The minimum Gasteiger partial charge on any atom is -0.458 e. The van der Waals surface area contributed by atoms with Crippen molar-refractivity contribution in [2.75, 3.05) is 48.1 Å². The maximum Gasteiger partial charge on any atom is 0.338 e. The molecule has 1 saturated heterocycles. The number of esters is 2. The van der Waals surface area contributed by atoms with Gasteiger partial charge >= 0.3 is 11.9 Å². The van der Waals surface area contributed by atoms with Crippen molar-refractivity contribution in [3.63, 3.8) is 0 Å². The van der Waals surface area contributed by atoms with Gasteiger partial charge in [0, 0.05) is 89.4 Å². The summed E-state index contributed by atoms with van der Waals surface area (Å²) in [5, 5.41) is 24.8. The van der Waals surface area contributed by atoms with Crippen LogP contribution in [0.2, 0.25) is 0 Å². The molecule has 6 fully saturated rings. The molecule has 1 aliphatic heterocycles. The van der Waals surface area contributed by atoms with Crippen LogP contribution in [0.1, 0.15) is 43.5 Å². The highest BCUT2D eigenvalue weighted by molar-refractivity contribution is 5.89. The van der Waals surface area contributed by atoms with E-state index in [4.69, 9.17) is 28.4 Å². The molecule has 248 valence electrons. The lowest BCUT2D eigenvalue weighted by Crippen LogP contribution is -2.79. The lowest BCUT2D eigenvalue weighted by Gasteiger charge is -2.70. The molecule has 1 aromatic rings. The second-order valence-corrected chi connectivity index (χ2v) is 14.4. The fraction of sp³-hybridized carbons (Fsp3) is 0.765. The predicted octanol–water partition coefficient (Wildman–Crippen LogP) is 1.68. The van der Waals surface area contributed by atoms with Crippen LogP contribution in [-0.4, -0.2) is 123 Å². The first-order valence-electron chi connectivity index (χ1n) is 16.2. The quantitative estimate of drug-likeness (QED) is 0.387. The highest BCUT2D eigenvalue weighted by Crippen LogP contribution is 2.80. The molecule has 11 heteroatoms. The van der Waals surface area contributed by atoms with Crippen LogP contribution in [0.15, 0.2) is 30.3 Å². The molecule has 14 atom stereocenters. The first kappa shape index (κ1) is 31.5. The number of carbonyl (C=O) groups excluding carboxylic acids is 2. The van der Waals surface area contributed by atoms with Gasteiger partial charge in [0.15, 0.2) is 0 Å². The topological polar surface area (TPSA) is 133 Å². The highest BCUT2D eigenvalue weighted by atomic mass is 16.6. The van der Waals surface area contributed by atoms with Crippen LogP contribution in [0.4, 0.5) is 0 Å². The van der Waals surface area contributed by atoms with Gasteiger partial charge in [0.05, 0.1) is 36.6 Å². The summed E-state index contributed by atoms with van der Waals surface area (Å²) in [5.74, 6) is -2.55. The Kier molecular flexibility index (Phi) is 7.48. The molecule has 0 amide bonds. The first-order valence-corrected chi connectivity index (χ1v) is 16.2. The fourth-order valence-electron chi connectivity index (χ4n) is 12.2. The van der Waals surface area contributed by atoms with E-state index < -0.39 is 76.3 Å². The van der Waals surface area contributed by atoms with Crippen LogP contribution in [-0.2, 0) is 33.2 Å². The number of likely N-dealkylation sites (tertiary alicyclic amines) is 1. The third kappa shape index (κ3) is 3.72. The van der Waals surface area contributed by atoms with E-state index >= 15 is 0 Å². The molecule has 7 rings (SSSR count). The maximum absolute atomic E-state index is 13.7. The summed E-state index contributed by atoms with van der Waals surface area (Å²) in [6.45, 7) is 5.08. The van der Waals surface area contributed by atoms with Gasteiger partial charge < -0.3 is 38.6 Å². The summed E-state index contributed by atoms with van der Waals surface area (Å²) in [4.78, 5) is 29.3. The van der Waals surface area contributed by atoms with Crippen LogP contribution in [0.5, 0.6) is 0 Å². The number of benzene rings is 1. The summed E-state index contributed by atoms with van der Waals surface area (Å²) in [7, 11) is 6.58. The standard InChI is InChI=1S/C34H47NO10/c1-7-35-16-31(17-40-3)21(37)13-22(41-4)34-20-14-32(39)23(42-5)15-33(45-18(2)36,25(28(34)35)26(43-6)27(31)34)24(20)29(32)44-30(38)19-11-9-8-10-12-19/h8-12,20-29,37,39H,7,13-17H2,1-6H3/t20-,21?,22+,23+,24-,25+,26+,27-,28-,29-,31+,32-,33-,34+/m1/s1. The number of piperidine rings is 1. The fourth-order valence-corrected chi connectivity index (χ4v) is 12.2. The van der Waals surface area contributed by atoms with Crippen LogP contribution in [0, 0.1) is 34.5 Å². The zero-order valence-corrected chi connectivity index (χ0v) is 27.0. The Morgan fingerprint density at radius 2 is 1.71 bits per heavy atom. The smallest absolute Gasteiger partial charge is 0.338 e. The molecule has 45 heavy (non-hydrogen) atoms. The highest BCUT2D eigenvalue weighted by Gasteiger charge is 2.90. The molecule has 6 aliphatic rings. The van der Waals surface area contributed by atoms with Crippen LogP contribution < -0.4 is 0 Å². The average Bonchev–Trinajstić information content (AvgIpc) is 3.40. The van der Waals surface area contributed by atoms with E-state index in [1.54, 1.807) is 52.7 Å². The molecule has 0 radical (unpaired) electrons. The summed E-state index contributed by atoms with van der Waals surface area (Å²) in [5.41, 5.74) is -3.74. The van der Waals surface area contributed by atoms with Crippen LogP contribution in [0.25, 0.3) is 0 Å². The Morgan fingerprint density at radius 1 is 1.00 bits per heavy atom. The molecule has 1 aromatic carbocycles. The summed E-state index contributed by atoms with van der Waals surface area (Å²) in [6.07, 6.45) is -2.55. The molecular formula is C34H47NO10. The van der Waals surface area contributed by atoms with Gasteiger partial charge in [-0.15, -0.1) is 0 Å². The number of rotatable bonds is 9. The van der Waals surface area contributed by atoms with E-state index in [9.17, 15) is 19.8 Å². The number of fused-ring (bicyclic) bond motifs is 2. The molecule has 5 aliphatic carbocycles. The number of hydrogen-bond donors (Lipinski definition) is 2. The number of aliphatic hydroxyl groups excluding tert-OH is 1. The van der Waals surface area contributed by atoms with Gasteiger partial charge in [-0.25, -0.2) is 4.79 Å². The third-order valence-electron chi connectivity index (χ3n) is 13.1. The largest absolute Gasteiger partial charge is 0.458 e. The van der Waals surface area contributed by atoms with Crippen molar-refractivity contribution in [1.82, 2.24) is 4.90 Å². The van der Waals surface area contributed by atoms with Gasteiger partial charge in [0.2, 0.25) is 0 Å². The van der Waals surface area contributed by atoms with Crippen molar-refractivity contribution in [1.29, 1.82) is 0 Å². The van der Waals surface area contributed by atoms with E-state index in [-0.39, 0.29) is 30.7 Å². The SMILES string of the molecule is CCN1C[C@]2(COC)C(O)C[C@H](OC)[C@@]34[C@@H]5C[C@@]6(O)[C@@H](OC)C[C@@](OC(C)=O)([C@H]5[C@H]6OC(=O)c5ccccc5)[C@@H]([C@H](OC)[C@H]23)[C@@H]14. The van der Waals surface area contributed by atoms with E-state index in [2.05, 4.69) is 11.8 Å². The van der Waals surface area contributed by atoms with Crippen molar-refractivity contribution in [2.24, 2.45) is 34.5 Å². The Labute approximate surface area is 264 Å². The third-order valence-corrected chi connectivity index (χ3v) is 13.1. The Morgan fingerprint density at radius 3 is 2.31 bits per heavy atom. The van der Waals surface area contributed by atoms with E-state index in [0.29, 0.717) is 31.7 Å². The molecule has 7 bridgehead atoms. The number of nitrogens with zero attached hydrogens (tertiary/aromatic N) is 1. The van der Waals surface area contributed by atoms with Crippen molar-refractivity contribution >= 4 is 11.9 Å². The van der Waals surface area contributed by atoms with Crippen molar-refractivity contribution in [2.45, 2.75) is 80.9 Å². The molecule has 2 N–H and O–H groups in total. The van der Waals surface area contributed by atoms with E-state index in [1.165, 1.54) is 6.92 Å². The number of methoxy groups -OCH3 is 4. The normalized spacial score (nSPS) is 49.1. The summed E-state index contributed by atoms with van der Waals surface area (Å²) in [6, 6.07) is 8.56. The summed E-state index contributed by atoms with van der Waals surface area (Å²) < 4.78 is 37.9. The minimum absolute atomic E-state index is 0.163. The van der Waals surface area contributed by atoms with Gasteiger partial charge in [-0.05, 0) is 31.0 Å². The summed E-state index contributed by atoms with van der Waals surface area (Å²) >= 11 is 0. The van der Waals surface area contributed by atoms with Crippen molar-refractivity contribution in [3.8, 4) is 0 Å². The molecular weight excluding hydrogens is 582 g/mol.